The molecule has 4 nitrogen and oxygen atoms in total. The first-order valence-electron chi connectivity index (χ1n) is 7.15. The average Bonchev–Trinajstić information content (AvgIpc) is 2.95. The van der Waals surface area contributed by atoms with Gasteiger partial charge in [0, 0.05) is 29.7 Å². The molecule has 5 heteroatoms. The van der Waals surface area contributed by atoms with Gasteiger partial charge < -0.3 is 15.4 Å². The number of thiazole rings is 1. The quantitative estimate of drug-likeness (QED) is 0.854. The molecule has 114 valence electrons. The van der Waals surface area contributed by atoms with Crippen molar-refractivity contribution in [1.29, 1.82) is 0 Å². The number of hydrogen-bond donors (Lipinski definition) is 1. The second kappa shape index (κ2) is 7.54. The maximum Gasteiger partial charge on any atom is 0.123 e. The fourth-order valence-electron chi connectivity index (χ4n) is 1.94. The van der Waals surface area contributed by atoms with Gasteiger partial charge in [-0.1, -0.05) is 0 Å². The lowest BCUT2D eigenvalue weighted by Gasteiger charge is -2.17. The van der Waals surface area contributed by atoms with E-state index in [2.05, 4.69) is 30.9 Å². The third-order valence-electron chi connectivity index (χ3n) is 3.18. The van der Waals surface area contributed by atoms with Crippen molar-refractivity contribution in [3.63, 3.8) is 0 Å². The van der Waals surface area contributed by atoms with E-state index in [4.69, 9.17) is 10.5 Å². The molecule has 0 spiro atoms. The molecule has 0 aliphatic heterocycles. The van der Waals surface area contributed by atoms with Crippen molar-refractivity contribution in [1.82, 2.24) is 9.88 Å². The van der Waals surface area contributed by atoms with Gasteiger partial charge >= 0.3 is 0 Å². The minimum Gasteiger partial charge on any atom is -0.491 e. The van der Waals surface area contributed by atoms with E-state index < -0.39 is 0 Å². The SMILES string of the molecule is CC(CCN(C)C)Oc1ccc(-c2ncc(CN)s2)cc1. The molecule has 0 aliphatic carbocycles. The summed E-state index contributed by atoms with van der Waals surface area (Å²) in [6, 6.07) is 8.11. The van der Waals surface area contributed by atoms with E-state index in [0.29, 0.717) is 6.54 Å². The molecule has 2 N–H and O–H groups in total. The Labute approximate surface area is 130 Å². The van der Waals surface area contributed by atoms with Crippen LogP contribution in [-0.2, 0) is 6.54 Å². The summed E-state index contributed by atoms with van der Waals surface area (Å²) in [5.41, 5.74) is 6.72. The Morgan fingerprint density at radius 3 is 2.57 bits per heavy atom. The molecule has 0 bridgehead atoms. The highest BCUT2D eigenvalue weighted by molar-refractivity contribution is 7.15. The highest BCUT2D eigenvalue weighted by Gasteiger charge is 2.07. The molecule has 1 atom stereocenters. The summed E-state index contributed by atoms with van der Waals surface area (Å²) in [4.78, 5) is 7.66. The number of aromatic nitrogens is 1. The standard InChI is InChI=1S/C16H23N3OS/c1-12(8-9-19(2)3)20-14-6-4-13(5-7-14)16-18-11-15(10-17)21-16/h4-7,11-12H,8-10,17H2,1-3H3. The predicted octanol–water partition coefficient (Wildman–Crippen LogP) is 2.99. The Morgan fingerprint density at radius 1 is 1.29 bits per heavy atom. The molecular formula is C16H23N3OS. The van der Waals surface area contributed by atoms with Gasteiger partial charge in [-0.05, 0) is 51.7 Å². The molecule has 1 aromatic heterocycles. The zero-order valence-corrected chi connectivity index (χ0v) is 13.7. The molecule has 1 heterocycles. The minimum absolute atomic E-state index is 0.210. The maximum atomic E-state index is 5.92. The molecule has 2 rings (SSSR count). The van der Waals surface area contributed by atoms with Crippen molar-refractivity contribution in [2.75, 3.05) is 20.6 Å². The zero-order valence-electron chi connectivity index (χ0n) is 12.9. The Morgan fingerprint density at radius 2 is 2.00 bits per heavy atom. The first kappa shape index (κ1) is 15.9. The topological polar surface area (TPSA) is 51.4 Å². The van der Waals surface area contributed by atoms with E-state index in [-0.39, 0.29) is 6.10 Å². The molecule has 2 aromatic rings. The lowest BCUT2D eigenvalue weighted by Crippen LogP contribution is -2.21. The fraction of sp³-hybridized carbons (Fsp3) is 0.438. The van der Waals surface area contributed by atoms with Crippen LogP contribution in [0.1, 0.15) is 18.2 Å². The normalized spacial score (nSPS) is 12.6. The van der Waals surface area contributed by atoms with Crippen LogP contribution in [0.4, 0.5) is 0 Å². The van der Waals surface area contributed by atoms with Crippen LogP contribution in [0, 0.1) is 0 Å². The molecule has 1 aromatic carbocycles. The van der Waals surface area contributed by atoms with Gasteiger partial charge in [-0.25, -0.2) is 4.98 Å². The van der Waals surface area contributed by atoms with Crippen LogP contribution in [0.3, 0.4) is 0 Å². The van der Waals surface area contributed by atoms with Crippen molar-refractivity contribution in [2.24, 2.45) is 5.73 Å². The van der Waals surface area contributed by atoms with E-state index >= 15 is 0 Å². The van der Waals surface area contributed by atoms with Crippen LogP contribution in [0.5, 0.6) is 5.75 Å². The van der Waals surface area contributed by atoms with Crippen molar-refractivity contribution in [3.8, 4) is 16.3 Å². The largest absolute Gasteiger partial charge is 0.491 e. The maximum absolute atomic E-state index is 5.92. The Hall–Kier alpha value is -1.43. The van der Waals surface area contributed by atoms with Crippen LogP contribution < -0.4 is 10.5 Å². The van der Waals surface area contributed by atoms with Gasteiger partial charge in [-0.3, -0.25) is 0 Å². The van der Waals surface area contributed by atoms with Gasteiger partial charge in [0.2, 0.25) is 0 Å². The van der Waals surface area contributed by atoms with E-state index in [1.165, 1.54) is 0 Å². The smallest absolute Gasteiger partial charge is 0.123 e. The summed E-state index contributed by atoms with van der Waals surface area (Å²) in [6.45, 7) is 3.67. The Balaban J connectivity index is 1.95. The van der Waals surface area contributed by atoms with E-state index in [1.807, 2.05) is 30.5 Å². The van der Waals surface area contributed by atoms with Gasteiger partial charge in [0.15, 0.2) is 0 Å². The average molecular weight is 305 g/mol. The summed E-state index contributed by atoms with van der Waals surface area (Å²) in [6.07, 6.45) is 3.07. The third kappa shape index (κ3) is 4.81. The Bertz CT molecular complexity index is 551. The molecule has 21 heavy (non-hydrogen) atoms. The molecule has 0 radical (unpaired) electrons. The van der Waals surface area contributed by atoms with Gasteiger partial charge in [-0.15, -0.1) is 11.3 Å². The number of ether oxygens (including phenoxy) is 1. The summed E-state index contributed by atoms with van der Waals surface area (Å²) in [5, 5.41) is 1.00. The number of nitrogens with zero attached hydrogens (tertiary/aromatic N) is 2. The van der Waals surface area contributed by atoms with Crippen molar-refractivity contribution in [2.45, 2.75) is 26.0 Å². The highest BCUT2D eigenvalue weighted by Crippen LogP contribution is 2.27. The van der Waals surface area contributed by atoms with Crippen molar-refractivity contribution in [3.05, 3.63) is 35.3 Å². The van der Waals surface area contributed by atoms with Gasteiger partial charge in [0.05, 0.1) is 6.10 Å². The summed E-state index contributed by atoms with van der Waals surface area (Å²) >= 11 is 1.63. The first-order chi connectivity index (χ1) is 10.1. The molecule has 0 saturated carbocycles. The van der Waals surface area contributed by atoms with E-state index in [1.54, 1.807) is 11.3 Å². The van der Waals surface area contributed by atoms with Crippen LogP contribution in [0.2, 0.25) is 0 Å². The van der Waals surface area contributed by atoms with Crippen molar-refractivity contribution < 1.29 is 4.74 Å². The number of nitrogens with two attached hydrogens (primary N) is 1. The monoisotopic (exact) mass is 305 g/mol. The fourth-order valence-corrected chi connectivity index (χ4v) is 2.74. The Kier molecular flexibility index (Phi) is 5.73. The van der Waals surface area contributed by atoms with E-state index in [9.17, 15) is 0 Å². The molecule has 0 saturated heterocycles. The summed E-state index contributed by atoms with van der Waals surface area (Å²) in [5.74, 6) is 0.903. The third-order valence-corrected chi connectivity index (χ3v) is 4.24. The number of rotatable bonds is 7. The highest BCUT2D eigenvalue weighted by atomic mass is 32.1. The zero-order chi connectivity index (χ0) is 15.2. The number of benzene rings is 1. The minimum atomic E-state index is 0.210. The summed E-state index contributed by atoms with van der Waals surface area (Å²) in [7, 11) is 4.15. The van der Waals surface area contributed by atoms with E-state index in [0.717, 1.165) is 34.2 Å². The van der Waals surface area contributed by atoms with Crippen LogP contribution in [-0.4, -0.2) is 36.6 Å². The lowest BCUT2D eigenvalue weighted by molar-refractivity contribution is 0.194. The molecule has 0 amide bonds. The second-order valence-corrected chi connectivity index (χ2v) is 6.50. The summed E-state index contributed by atoms with van der Waals surface area (Å²) < 4.78 is 5.92. The molecule has 0 aliphatic rings. The first-order valence-corrected chi connectivity index (χ1v) is 7.96. The van der Waals surface area contributed by atoms with Crippen LogP contribution in [0.25, 0.3) is 10.6 Å². The molecule has 1 unspecified atom stereocenters. The van der Waals surface area contributed by atoms with Crippen LogP contribution >= 0.6 is 11.3 Å². The van der Waals surface area contributed by atoms with Gasteiger partial charge in [0.1, 0.15) is 10.8 Å². The van der Waals surface area contributed by atoms with Gasteiger partial charge in [0.25, 0.3) is 0 Å². The van der Waals surface area contributed by atoms with Crippen molar-refractivity contribution >= 4 is 11.3 Å². The molecule has 0 fully saturated rings. The second-order valence-electron chi connectivity index (χ2n) is 5.38. The molecular weight excluding hydrogens is 282 g/mol. The van der Waals surface area contributed by atoms with Crippen LogP contribution in [0.15, 0.2) is 30.5 Å². The predicted molar refractivity (Wildman–Crippen MR) is 88.7 cm³/mol. The lowest BCUT2D eigenvalue weighted by atomic mass is 10.2. The number of hydrogen-bond acceptors (Lipinski definition) is 5. The van der Waals surface area contributed by atoms with Gasteiger partial charge in [-0.2, -0.15) is 0 Å².